The van der Waals surface area contributed by atoms with E-state index in [1.165, 1.54) is 0 Å². The number of para-hydroxylation sites is 1. The molecule has 4 rings (SSSR count). The molecule has 2 N–H and O–H groups in total. The van der Waals surface area contributed by atoms with Gasteiger partial charge in [0.25, 0.3) is 0 Å². The van der Waals surface area contributed by atoms with Crippen molar-refractivity contribution in [2.75, 3.05) is 17.2 Å². The van der Waals surface area contributed by atoms with Crippen LogP contribution in [0.3, 0.4) is 0 Å². The molecule has 0 fully saturated rings. The Hall–Kier alpha value is -3.32. The van der Waals surface area contributed by atoms with Crippen molar-refractivity contribution in [1.29, 1.82) is 0 Å². The van der Waals surface area contributed by atoms with Crippen LogP contribution in [0, 0.1) is 6.92 Å². The van der Waals surface area contributed by atoms with Crippen molar-refractivity contribution in [1.82, 2.24) is 15.0 Å². The lowest BCUT2D eigenvalue weighted by Crippen LogP contribution is -2.22. The highest BCUT2D eigenvalue weighted by Gasteiger charge is 2.11. The van der Waals surface area contributed by atoms with E-state index in [-0.39, 0.29) is 12.5 Å². The van der Waals surface area contributed by atoms with Crippen molar-refractivity contribution in [2.45, 2.75) is 6.92 Å². The maximum Gasteiger partial charge on any atom is 0.243 e. The monoisotopic (exact) mass is 447 g/mol. The van der Waals surface area contributed by atoms with Gasteiger partial charge in [0.05, 0.1) is 12.1 Å². The van der Waals surface area contributed by atoms with Crippen molar-refractivity contribution in [3.05, 3.63) is 77.0 Å². The molecule has 0 atom stereocenters. The van der Waals surface area contributed by atoms with Crippen LogP contribution in [0.1, 0.15) is 5.56 Å². The van der Waals surface area contributed by atoms with E-state index in [4.69, 9.17) is 0 Å². The normalized spacial score (nSPS) is 10.7. The van der Waals surface area contributed by atoms with E-state index in [9.17, 15) is 4.79 Å². The highest BCUT2D eigenvalue weighted by Crippen LogP contribution is 2.24. The summed E-state index contributed by atoms with van der Waals surface area (Å²) in [7, 11) is 0. The fourth-order valence-corrected chi connectivity index (χ4v) is 3.18. The average molecular weight is 448 g/mol. The number of fused-ring (bicyclic) bond motifs is 1. The molecule has 0 aliphatic carbocycles. The van der Waals surface area contributed by atoms with Gasteiger partial charge in [0.2, 0.25) is 5.91 Å². The number of carbonyl (C=O) groups is 1. The summed E-state index contributed by atoms with van der Waals surface area (Å²) in [6, 6.07) is 17.1. The summed E-state index contributed by atoms with van der Waals surface area (Å²) < 4.78 is 1.00. The number of carbonyl (C=O) groups excluding carboxylic acids is 1. The van der Waals surface area contributed by atoms with Crippen molar-refractivity contribution >= 4 is 44.2 Å². The van der Waals surface area contributed by atoms with Crippen LogP contribution >= 0.6 is 15.9 Å². The van der Waals surface area contributed by atoms with Gasteiger partial charge < -0.3 is 10.6 Å². The second-order valence-corrected chi connectivity index (χ2v) is 7.37. The highest BCUT2D eigenvalue weighted by molar-refractivity contribution is 9.10. The minimum absolute atomic E-state index is 0.0892. The predicted octanol–water partition coefficient (Wildman–Crippen LogP) is 4.81. The van der Waals surface area contributed by atoms with Gasteiger partial charge in [0.1, 0.15) is 5.82 Å². The van der Waals surface area contributed by atoms with Crippen LogP contribution in [0.15, 0.2) is 71.5 Å². The molecule has 0 spiro atoms. The molecule has 0 bridgehead atoms. The number of hydrogen-bond donors (Lipinski definition) is 2. The second-order valence-electron chi connectivity index (χ2n) is 6.51. The van der Waals surface area contributed by atoms with Crippen LogP contribution in [0.5, 0.6) is 0 Å². The Balaban J connectivity index is 1.56. The lowest BCUT2D eigenvalue weighted by molar-refractivity contribution is -0.114. The number of halogens is 1. The molecule has 2 aromatic carbocycles. The molecule has 2 heterocycles. The number of aromatic nitrogens is 3. The Kier molecular flexibility index (Phi) is 5.48. The van der Waals surface area contributed by atoms with E-state index in [2.05, 4.69) is 41.5 Å². The number of pyridine rings is 1. The van der Waals surface area contributed by atoms with Crippen LogP contribution in [-0.4, -0.2) is 27.4 Å². The van der Waals surface area contributed by atoms with E-state index in [0.29, 0.717) is 11.6 Å². The van der Waals surface area contributed by atoms with Gasteiger partial charge >= 0.3 is 0 Å². The molecule has 1 amide bonds. The van der Waals surface area contributed by atoms with Gasteiger partial charge in [-0.15, -0.1) is 0 Å². The van der Waals surface area contributed by atoms with E-state index in [1.54, 1.807) is 12.4 Å². The number of nitrogens with zero attached hydrogens (tertiary/aromatic N) is 3. The molecule has 6 nitrogen and oxygen atoms in total. The topological polar surface area (TPSA) is 79.8 Å². The third kappa shape index (κ3) is 4.41. The zero-order valence-electron chi connectivity index (χ0n) is 15.7. The highest BCUT2D eigenvalue weighted by atomic mass is 79.9. The Morgan fingerprint density at radius 2 is 1.83 bits per heavy atom. The van der Waals surface area contributed by atoms with Crippen LogP contribution in [0.2, 0.25) is 0 Å². The lowest BCUT2D eigenvalue weighted by atomic mass is 10.2. The van der Waals surface area contributed by atoms with E-state index >= 15 is 0 Å². The number of anilines is 2. The minimum Gasteiger partial charge on any atom is -0.360 e. The molecule has 7 heteroatoms. The Bertz CT molecular complexity index is 1180. The molecule has 4 aromatic rings. The van der Waals surface area contributed by atoms with E-state index in [0.717, 1.165) is 32.2 Å². The van der Waals surface area contributed by atoms with Crippen LogP contribution in [0.4, 0.5) is 11.5 Å². The first-order valence-electron chi connectivity index (χ1n) is 9.07. The van der Waals surface area contributed by atoms with Crippen molar-refractivity contribution in [3.63, 3.8) is 0 Å². The Labute approximate surface area is 176 Å². The molecule has 2 aromatic heterocycles. The van der Waals surface area contributed by atoms with Gasteiger partial charge in [-0.1, -0.05) is 28.1 Å². The summed E-state index contributed by atoms with van der Waals surface area (Å²) in [5.74, 6) is 1.04. The second kappa shape index (κ2) is 8.36. The zero-order valence-corrected chi connectivity index (χ0v) is 17.3. The SMILES string of the molecule is Cc1cc(NC(=O)CNc2nc(-c3ccncc3)nc3ccccc23)ccc1Br. The molecule has 0 aliphatic rings. The number of hydrogen-bond acceptors (Lipinski definition) is 5. The minimum atomic E-state index is -0.153. The maximum absolute atomic E-state index is 12.4. The number of benzene rings is 2. The van der Waals surface area contributed by atoms with Crippen molar-refractivity contribution in [2.24, 2.45) is 0 Å². The summed E-state index contributed by atoms with van der Waals surface area (Å²) in [6.07, 6.45) is 3.41. The smallest absolute Gasteiger partial charge is 0.243 e. The van der Waals surface area contributed by atoms with Crippen LogP contribution in [-0.2, 0) is 4.79 Å². The fourth-order valence-electron chi connectivity index (χ4n) is 2.93. The lowest BCUT2D eigenvalue weighted by Gasteiger charge is -2.12. The van der Waals surface area contributed by atoms with Crippen LogP contribution < -0.4 is 10.6 Å². The maximum atomic E-state index is 12.4. The van der Waals surface area contributed by atoms with Gasteiger partial charge in [0, 0.05) is 33.5 Å². The third-order valence-electron chi connectivity index (χ3n) is 4.40. The first kappa shape index (κ1) is 19.0. The number of rotatable bonds is 5. The van der Waals surface area contributed by atoms with E-state index < -0.39 is 0 Å². The summed E-state index contributed by atoms with van der Waals surface area (Å²) in [5, 5.41) is 6.92. The number of aryl methyl sites for hydroxylation is 1. The molecule has 0 aliphatic heterocycles. The Morgan fingerprint density at radius 3 is 2.62 bits per heavy atom. The number of nitrogens with one attached hydrogen (secondary N) is 2. The fraction of sp³-hybridized carbons (Fsp3) is 0.0909. The van der Waals surface area contributed by atoms with Crippen molar-refractivity contribution in [3.8, 4) is 11.4 Å². The third-order valence-corrected chi connectivity index (χ3v) is 5.29. The van der Waals surface area contributed by atoms with E-state index in [1.807, 2.05) is 61.5 Å². The van der Waals surface area contributed by atoms with Gasteiger partial charge in [-0.05, 0) is 55.0 Å². The number of amides is 1. The molecule has 0 saturated heterocycles. The molecule has 29 heavy (non-hydrogen) atoms. The first-order chi connectivity index (χ1) is 14.1. The molecule has 0 unspecified atom stereocenters. The molecule has 0 radical (unpaired) electrons. The average Bonchev–Trinajstić information content (AvgIpc) is 2.75. The molecule has 0 saturated carbocycles. The zero-order chi connectivity index (χ0) is 20.2. The molecule has 144 valence electrons. The molecular formula is C22H18BrN5O. The summed E-state index contributed by atoms with van der Waals surface area (Å²) in [4.78, 5) is 25.8. The predicted molar refractivity (Wildman–Crippen MR) is 119 cm³/mol. The molecular weight excluding hydrogens is 430 g/mol. The summed E-state index contributed by atoms with van der Waals surface area (Å²) in [5.41, 5.74) is 3.48. The van der Waals surface area contributed by atoms with Gasteiger partial charge in [-0.3, -0.25) is 9.78 Å². The summed E-state index contributed by atoms with van der Waals surface area (Å²) in [6.45, 7) is 2.07. The quantitative estimate of drug-likeness (QED) is 0.458. The van der Waals surface area contributed by atoms with Gasteiger partial charge in [-0.2, -0.15) is 0 Å². The van der Waals surface area contributed by atoms with Crippen LogP contribution in [0.25, 0.3) is 22.3 Å². The van der Waals surface area contributed by atoms with Crippen molar-refractivity contribution < 1.29 is 4.79 Å². The van der Waals surface area contributed by atoms with Gasteiger partial charge in [0.15, 0.2) is 5.82 Å². The summed E-state index contributed by atoms with van der Waals surface area (Å²) >= 11 is 3.46. The first-order valence-corrected chi connectivity index (χ1v) is 9.86. The standard InChI is InChI=1S/C22H18BrN5O/c1-14-12-16(6-7-18(14)23)26-20(29)13-25-22-17-4-2-3-5-19(17)27-21(28-22)15-8-10-24-11-9-15/h2-12H,13H2,1H3,(H,26,29)(H,25,27,28). The Morgan fingerprint density at radius 1 is 1.03 bits per heavy atom. The van der Waals surface area contributed by atoms with Gasteiger partial charge in [-0.25, -0.2) is 9.97 Å². The largest absolute Gasteiger partial charge is 0.360 e.